The summed E-state index contributed by atoms with van der Waals surface area (Å²) in [5, 5.41) is 13.4. The molecule has 0 fully saturated rings. The zero-order valence-corrected chi connectivity index (χ0v) is 12.3. The SMILES string of the molecule is Cc1ccc(C)c(NC(=O)c2ccc([N+](=O)[O-])c(Cl)c2)c1. The molecule has 0 aliphatic heterocycles. The summed E-state index contributed by atoms with van der Waals surface area (Å²) in [5.74, 6) is -0.361. The third kappa shape index (κ3) is 3.38. The molecule has 0 bridgehead atoms. The van der Waals surface area contributed by atoms with Gasteiger partial charge in [0.25, 0.3) is 11.6 Å². The summed E-state index contributed by atoms with van der Waals surface area (Å²) in [4.78, 5) is 22.3. The molecule has 2 rings (SSSR count). The van der Waals surface area contributed by atoms with E-state index in [4.69, 9.17) is 11.6 Å². The molecule has 6 heteroatoms. The lowest BCUT2D eigenvalue weighted by molar-refractivity contribution is -0.384. The Morgan fingerprint density at radius 3 is 2.52 bits per heavy atom. The molecule has 1 amide bonds. The van der Waals surface area contributed by atoms with E-state index in [1.54, 1.807) is 0 Å². The fourth-order valence-electron chi connectivity index (χ4n) is 1.86. The van der Waals surface area contributed by atoms with Crippen molar-refractivity contribution in [3.05, 3.63) is 68.2 Å². The summed E-state index contributed by atoms with van der Waals surface area (Å²) < 4.78 is 0. The van der Waals surface area contributed by atoms with Gasteiger partial charge in [-0.1, -0.05) is 23.7 Å². The summed E-state index contributed by atoms with van der Waals surface area (Å²) in [7, 11) is 0. The Labute approximate surface area is 126 Å². The minimum absolute atomic E-state index is 0.0615. The van der Waals surface area contributed by atoms with Gasteiger partial charge in [0, 0.05) is 17.3 Å². The number of nitro benzene ring substituents is 1. The van der Waals surface area contributed by atoms with Crippen LogP contribution in [-0.2, 0) is 0 Å². The summed E-state index contributed by atoms with van der Waals surface area (Å²) in [5.41, 5.74) is 2.71. The number of nitro groups is 1. The Bertz CT molecular complexity index is 729. The molecule has 0 atom stereocenters. The quantitative estimate of drug-likeness (QED) is 0.685. The van der Waals surface area contributed by atoms with Gasteiger partial charge in [-0.2, -0.15) is 0 Å². The van der Waals surface area contributed by atoms with E-state index >= 15 is 0 Å². The second-order valence-corrected chi connectivity index (χ2v) is 5.10. The van der Waals surface area contributed by atoms with Crippen molar-refractivity contribution in [1.29, 1.82) is 0 Å². The number of aryl methyl sites for hydroxylation is 2. The number of nitrogens with zero attached hydrogens (tertiary/aromatic N) is 1. The van der Waals surface area contributed by atoms with Gasteiger partial charge in [-0.05, 0) is 43.2 Å². The molecule has 0 saturated carbocycles. The van der Waals surface area contributed by atoms with Crippen molar-refractivity contribution < 1.29 is 9.72 Å². The number of anilines is 1. The van der Waals surface area contributed by atoms with Gasteiger partial charge in [0.05, 0.1) is 4.92 Å². The lowest BCUT2D eigenvalue weighted by atomic mass is 10.1. The second kappa shape index (κ2) is 5.93. The largest absolute Gasteiger partial charge is 0.322 e. The van der Waals surface area contributed by atoms with Crippen molar-refractivity contribution in [2.24, 2.45) is 0 Å². The average molecular weight is 305 g/mol. The molecule has 0 radical (unpaired) electrons. The number of benzene rings is 2. The van der Waals surface area contributed by atoms with Gasteiger partial charge in [0.2, 0.25) is 0 Å². The van der Waals surface area contributed by atoms with Crippen molar-refractivity contribution in [2.75, 3.05) is 5.32 Å². The summed E-state index contributed by atoms with van der Waals surface area (Å²) in [6.07, 6.45) is 0. The smallest absolute Gasteiger partial charge is 0.287 e. The highest BCUT2D eigenvalue weighted by Gasteiger charge is 2.15. The number of hydrogen-bond donors (Lipinski definition) is 1. The minimum atomic E-state index is -0.589. The molecule has 0 unspecified atom stereocenters. The number of hydrogen-bond acceptors (Lipinski definition) is 3. The van der Waals surface area contributed by atoms with Gasteiger partial charge in [0.1, 0.15) is 5.02 Å². The lowest BCUT2D eigenvalue weighted by Crippen LogP contribution is -2.13. The van der Waals surface area contributed by atoms with Gasteiger partial charge < -0.3 is 5.32 Å². The normalized spacial score (nSPS) is 10.2. The molecule has 5 nitrogen and oxygen atoms in total. The van der Waals surface area contributed by atoms with Crippen molar-refractivity contribution in [1.82, 2.24) is 0 Å². The molecule has 0 saturated heterocycles. The van der Waals surface area contributed by atoms with Crippen LogP contribution in [0.5, 0.6) is 0 Å². The first-order valence-electron chi connectivity index (χ1n) is 6.21. The maximum atomic E-state index is 12.2. The number of carbonyl (C=O) groups is 1. The van der Waals surface area contributed by atoms with Crippen LogP contribution in [0.1, 0.15) is 21.5 Å². The Morgan fingerprint density at radius 2 is 1.90 bits per heavy atom. The van der Waals surface area contributed by atoms with Crippen LogP contribution in [0.4, 0.5) is 11.4 Å². The Hall–Kier alpha value is -2.40. The maximum absolute atomic E-state index is 12.2. The number of amides is 1. The number of rotatable bonds is 3. The van der Waals surface area contributed by atoms with Crippen LogP contribution < -0.4 is 5.32 Å². The van der Waals surface area contributed by atoms with E-state index in [2.05, 4.69) is 5.32 Å². The van der Waals surface area contributed by atoms with Crippen molar-refractivity contribution in [2.45, 2.75) is 13.8 Å². The van der Waals surface area contributed by atoms with Crippen LogP contribution in [0.3, 0.4) is 0 Å². The highest BCUT2D eigenvalue weighted by atomic mass is 35.5. The van der Waals surface area contributed by atoms with Crippen LogP contribution in [0.15, 0.2) is 36.4 Å². The van der Waals surface area contributed by atoms with Crippen molar-refractivity contribution >= 4 is 28.9 Å². The van der Waals surface area contributed by atoms with Crippen molar-refractivity contribution in [3.8, 4) is 0 Å². The molecule has 0 spiro atoms. The molecule has 0 aliphatic rings. The molecule has 0 aliphatic carbocycles. The molecule has 1 N–H and O–H groups in total. The summed E-state index contributed by atoms with van der Waals surface area (Å²) in [6, 6.07) is 9.62. The summed E-state index contributed by atoms with van der Waals surface area (Å²) >= 11 is 5.81. The Kier molecular flexibility index (Phi) is 4.23. The number of carbonyl (C=O) groups excluding carboxylic acids is 1. The van der Waals surface area contributed by atoms with Gasteiger partial charge in [-0.3, -0.25) is 14.9 Å². The molecule has 0 heterocycles. The fourth-order valence-corrected chi connectivity index (χ4v) is 2.11. The van der Waals surface area contributed by atoms with Crippen LogP contribution in [-0.4, -0.2) is 10.8 Å². The van der Waals surface area contributed by atoms with Crippen LogP contribution in [0.25, 0.3) is 0 Å². The predicted molar refractivity (Wildman–Crippen MR) is 82.0 cm³/mol. The average Bonchev–Trinajstić information content (AvgIpc) is 2.42. The van der Waals surface area contributed by atoms with Crippen molar-refractivity contribution in [3.63, 3.8) is 0 Å². The molecule has 108 valence electrons. The third-order valence-electron chi connectivity index (χ3n) is 3.05. The van der Waals surface area contributed by atoms with E-state index in [0.29, 0.717) is 5.69 Å². The second-order valence-electron chi connectivity index (χ2n) is 4.70. The Balaban J connectivity index is 2.26. The highest BCUT2D eigenvalue weighted by molar-refractivity contribution is 6.33. The predicted octanol–water partition coefficient (Wildman–Crippen LogP) is 4.12. The van der Waals surface area contributed by atoms with Gasteiger partial charge in [0.15, 0.2) is 0 Å². The lowest BCUT2D eigenvalue weighted by Gasteiger charge is -2.09. The van der Waals surface area contributed by atoms with Gasteiger partial charge in [-0.25, -0.2) is 0 Å². The molecular formula is C15H13ClN2O3. The zero-order chi connectivity index (χ0) is 15.6. The molecule has 2 aromatic rings. The van der Waals surface area contributed by atoms with E-state index in [1.165, 1.54) is 18.2 Å². The number of halogens is 1. The first-order chi connectivity index (χ1) is 9.88. The molecule has 0 aromatic heterocycles. The van der Waals surface area contributed by atoms with Crippen LogP contribution in [0, 0.1) is 24.0 Å². The molecular weight excluding hydrogens is 292 g/mol. The van der Waals surface area contributed by atoms with E-state index in [0.717, 1.165) is 11.1 Å². The van der Waals surface area contributed by atoms with E-state index in [1.807, 2.05) is 32.0 Å². The Morgan fingerprint density at radius 1 is 1.19 bits per heavy atom. The van der Waals surface area contributed by atoms with Gasteiger partial charge >= 0.3 is 0 Å². The topological polar surface area (TPSA) is 72.2 Å². The highest BCUT2D eigenvalue weighted by Crippen LogP contribution is 2.25. The monoisotopic (exact) mass is 304 g/mol. The number of nitrogens with one attached hydrogen (secondary N) is 1. The first-order valence-corrected chi connectivity index (χ1v) is 6.59. The molecule has 2 aromatic carbocycles. The minimum Gasteiger partial charge on any atom is -0.322 e. The zero-order valence-electron chi connectivity index (χ0n) is 11.5. The van der Waals surface area contributed by atoms with E-state index in [9.17, 15) is 14.9 Å². The third-order valence-corrected chi connectivity index (χ3v) is 3.35. The van der Waals surface area contributed by atoms with E-state index in [-0.39, 0.29) is 22.2 Å². The van der Waals surface area contributed by atoms with Gasteiger partial charge in [-0.15, -0.1) is 0 Å². The van der Waals surface area contributed by atoms with E-state index < -0.39 is 4.92 Å². The van der Waals surface area contributed by atoms with Crippen LogP contribution >= 0.6 is 11.6 Å². The summed E-state index contributed by atoms with van der Waals surface area (Å²) in [6.45, 7) is 3.82. The maximum Gasteiger partial charge on any atom is 0.287 e. The van der Waals surface area contributed by atoms with Crippen LogP contribution in [0.2, 0.25) is 5.02 Å². The standard InChI is InChI=1S/C15H13ClN2O3/c1-9-3-4-10(2)13(7-9)17-15(19)11-5-6-14(18(20)21)12(16)8-11/h3-8H,1-2H3,(H,17,19). The fraction of sp³-hybridized carbons (Fsp3) is 0.133. The first kappa shape index (κ1) is 15.0. The molecule has 21 heavy (non-hydrogen) atoms.